The van der Waals surface area contributed by atoms with Crippen LogP contribution < -0.4 is 35.0 Å². The van der Waals surface area contributed by atoms with E-state index in [-0.39, 0.29) is 12.5 Å². The van der Waals surface area contributed by atoms with Crippen molar-refractivity contribution in [3.05, 3.63) is 69.8 Å². The molecule has 39 heavy (non-hydrogen) atoms. The summed E-state index contributed by atoms with van der Waals surface area (Å²) in [5.74, 6) is -0.350. The number of amides is 3. The molecular weight excluding hydrogens is 619 g/mol. The number of nitrogens with one attached hydrogen (secondary N) is 3. The molecule has 0 atom stereocenters. The van der Waals surface area contributed by atoms with Crippen LogP contribution in [0.15, 0.2) is 65.8 Å². The van der Waals surface area contributed by atoms with Gasteiger partial charge in [0.1, 0.15) is 11.5 Å². The molecule has 0 aliphatic heterocycles. The molecule has 11 nitrogen and oxygen atoms in total. The summed E-state index contributed by atoms with van der Waals surface area (Å²) >= 11 is 2.04. The molecule has 0 radical (unpaired) electrons. The number of benzene rings is 3. The fourth-order valence-electron chi connectivity index (χ4n) is 3.21. The first-order valence-corrected chi connectivity index (χ1v) is 12.7. The Kier molecular flexibility index (Phi) is 10.9. The second-order valence-corrected chi connectivity index (χ2v) is 8.84. The van der Waals surface area contributed by atoms with E-state index >= 15 is 0 Å². The van der Waals surface area contributed by atoms with Crippen molar-refractivity contribution >= 4 is 57.9 Å². The molecule has 0 aliphatic rings. The number of anilines is 2. The second kappa shape index (κ2) is 14.6. The van der Waals surface area contributed by atoms with E-state index in [1.54, 1.807) is 67.8 Å². The van der Waals surface area contributed by atoms with Gasteiger partial charge in [0.25, 0.3) is 5.91 Å². The Morgan fingerprint density at radius 2 is 1.64 bits per heavy atom. The summed E-state index contributed by atoms with van der Waals surface area (Å²) in [5.41, 5.74) is 3.73. The van der Waals surface area contributed by atoms with Crippen LogP contribution in [0, 0.1) is 3.57 Å². The molecule has 3 aromatic rings. The molecule has 0 aromatic heterocycles. The highest BCUT2D eigenvalue weighted by Crippen LogP contribution is 2.33. The molecule has 0 saturated heterocycles. The number of rotatable bonds is 11. The SMILES string of the molecule is CCOc1ccccc1NC(=O)C(=O)N/N=C\c1cc(I)c(OCC(=O)Nc2ccc(OC)cc2)c(OC)c1. The number of ether oxygens (including phenoxy) is 4. The Balaban J connectivity index is 1.57. The van der Waals surface area contributed by atoms with E-state index in [0.29, 0.717) is 50.1 Å². The van der Waals surface area contributed by atoms with Gasteiger partial charge >= 0.3 is 11.8 Å². The van der Waals surface area contributed by atoms with E-state index in [2.05, 4.69) is 21.2 Å². The van der Waals surface area contributed by atoms with Crippen molar-refractivity contribution in [2.24, 2.45) is 5.10 Å². The number of halogens is 1. The number of para-hydroxylation sites is 2. The lowest BCUT2D eigenvalue weighted by molar-refractivity contribution is -0.136. The minimum Gasteiger partial charge on any atom is -0.497 e. The summed E-state index contributed by atoms with van der Waals surface area (Å²) in [6.07, 6.45) is 1.35. The van der Waals surface area contributed by atoms with Gasteiger partial charge in [0.2, 0.25) is 0 Å². The van der Waals surface area contributed by atoms with Crippen LogP contribution >= 0.6 is 22.6 Å². The van der Waals surface area contributed by atoms with Gasteiger partial charge in [-0.2, -0.15) is 5.10 Å². The maximum atomic E-state index is 12.3. The van der Waals surface area contributed by atoms with Crippen LogP contribution in [0.25, 0.3) is 0 Å². The van der Waals surface area contributed by atoms with Gasteiger partial charge in [0, 0.05) is 5.69 Å². The molecule has 3 amide bonds. The fourth-order valence-corrected chi connectivity index (χ4v) is 3.99. The zero-order valence-corrected chi connectivity index (χ0v) is 23.6. The minimum absolute atomic E-state index is 0.247. The number of hydrogen-bond donors (Lipinski definition) is 3. The number of nitrogens with zero attached hydrogens (tertiary/aromatic N) is 1. The number of hydrogen-bond acceptors (Lipinski definition) is 8. The summed E-state index contributed by atoms with van der Waals surface area (Å²) in [5, 5.41) is 9.09. The topological polar surface area (TPSA) is 137 Å². The van der Waals surface area contributed by atoms with Crippen molar-refractivity contribution in [2.45, 2.75) is 6.92 Å². The maximum absolute atomic E-state index is 12.3. The molecule has 12 heteroatoms. The molecule has 3 aromatic carbocycles. The average molecular weight is 646 g/mol. The average Bonchev–Trinajstić information content (AvgIpc) is 2.93. The second-order valence-electron chi connectivity index (χ2n) is 7.68. The largest absolute Gasteiger partial charge is 0.497 e. The molecule has 3 N–H and O–H groups in total. The van der Waals surface area contributed by atoms with Crippen LogP contribution in [-0.4, -0.2) is 51.4 Å². The first-order chi connectivity index (χ1) is 18.8. The first kappa shape index (κ1) is 29.2. The van der Waals surface area contributed by atoms with Gasteiger partial charge in [-0.3, -0.25) is 14.4 Å². The predicted molar refractivity (Wildman–Crippen MR) is 155 cm³/mol. The Morgan fingerprint density at radius 1 is 0.897 bits per heavy atom. The van der Waals surface area contributed by atoms with Gasteiger partial charge in [0.15, 0.2) is 18.1 Å². The molecule has 0 fully saturated rings. The van der Waals surface area contributed by atoms with E-state index in [1.807, 2.05) is 29.5 Å². The summed E-state index contributed by atoms with van der Waals surface area (Å²) in [7, 11) is 3.02. The highest BCUT2D eigenvalue weighted by atomic mass is 127. The first-order valence-electron chi connectivity index (χ1n) is 11.6. The number of hydrazone groups is 1. The Hall–Kier alpha value is -4.33. The van der Waals surface area contributed by atoms with E-state index in [4.69, 9.17) is 18.9 Å². The van der Waals surface area contributed by atoms with Crippen molar-refractivity contribution in [3.8, 4) is 23.0 Å². The maximum Gasteiger partial charge on any atom is 0.329 e. The Bertz CT molecular complexity index is 1350. The van der Waals surface area contributed by atoms with Crippen molar-refractivity contribution in [1.29, 1.82) is 0 Å². The molecule has 0 unspecified atom stereocenters. The van der Waals surface area contributed by atoms with Crippen LogP contribution in [-0.2, 0) is 14.4 Å². The third-order valence-corrected chi connectivity index (χ3v) is 5.80. The van der Waals surface area contributed by atoms with Crippen LogP contribution in [0.1, 0.15) is 12.5 Å². The number of carbonyl (C=O) groups excluding carboxylic acids is 3. The molecule has 204 valence electrons. The molecular formula is C27H27IN4O7. The molecule has 0 heterocycles. The number of carbonyl (C=O) groups is 3. The van der Waals surface area contributed by atoms with Crippen molar-refractivity contribution in [1.82, 2.24) is 5.43 Å². The third-order valence-electron chi connectivity index (χ3n) is 4.99. The lowest BCUT2D eigenvalue weighted by atomic mass is 10.2. The quantitative estimate of drug-likeness (QED) is 0.125. The smallest absolute Gasteiger partial charge is 0.329 e. The Labute approximate surface area is 239 Å². The zero-order valence-electron chi connectivity index (χ0n) is 21.4. The fraction of sp³-hybridized carbons (Fsp3) is 0.185. The summed E-state index contributed by atoms with van der Waals surface area (Å²) in [6, 6.07) is 17.0. The van der Waals surface area contributed by atoms with Gasteiger partial charge < -0.3 is 29.6 Å². The third kappa shape index (κ3) is 8.60. The van der Waals surface area contributed by atoms with Crippen LogP contribution in [0.4, 0.5) is 11.4 Å². The van der Waals surface area contributed by atoms with Crippen molar-refractivity contribution in [3.63, 3.8) is 0 Å². The van der Waals surface area contributed by atoms with Gasteiger partial charge in [-0.15, -0.1) is 0 Å². The van der Waals surface area contributed by atoms with E-state index in [9.17, 15) is 14.4 Å². The number of methoxy groups -OCH3 is 2. The van der Waals surface area contributed by atoms with Crippen LogP contribution in [0.5, 0.6) is 23.0 Å². The van der Waals surface area contributed by atoms with Gasteiger partial charge in [-0.05, 0) is 83.6 Å². The van der Waals surface area contributed by atoms with Crippen LogP contribution in [0.3, 0.4) is 0 Å². The minimum atomic E-state index is -0.956. The molecule has 0 spiro atoms. The van der Waals surface area contributed by atoms with Crippen LogP contribution in [0.2, 0.25) is 0 Å². The highest BCUT2D eigenvalue weighted by molar-refractivity contribution is 14.1. The summed E-state index contributed by atoms with van der Waals surface area (Å²) in [4.78, 5) is 36.8. The van der Waals surface area contributed by atoms with Crippen molar-refractivity contribution in [2.75, 3.05) is 38.1 Å². The molecule has 0 bridgehead atoms. The zero-order chi connectivity index (χ0) is 28.2. The van der Waals surface area contributed by atoms with Gasteiger partial charge in [-0.25, -0.2) is 5.43 Å². The summed E-state index contributed by atoms with van der Waals surface area (Å²) < 4.78 is 22.3. The highest BCUT2D eigenvalue weighted by Gasteiger charge is 2.16. The van der Waals surface area contributed by atoms with Gasteiger partial charge in [0.05, 0.1) is 36.3 Å². The lowest BCUT2D eigenvalue weighted by Gasteiger charge is -2.13. The molecule has 0 saturated carbocycles. The van der Waals surface area contributed by atoms with E-state index < -0.39 is 11.8 Å². The predicted octanol–water partition coefficient (Wildman–Crippen LogP) is 3.81. The van der Waals surface area contributed by atoms with Gasteiger partial charge in [-0.1, -0.05) is 12.1 Å². The van der Waals surface area contributed by atoms with Crippen molar-refractivity contribution < 1.29 is 33.3 Å². The van der Waals surface area contributed by atoms with E-state index in [0.717, 1.165) is 0 Å². The molecule has 0 aliphatic carbocycles. The lowest BCUT2D eigenvalue weighted by Crippen LogP contribution is -2.32. The molecule has 3 rings (SSSR count). The summed E-state index contributed by atoms with van der Waals surface area (Å²) in [6.45, 7) is 1.98. The monoisotopic (exact) mass is 646 g/mol. The normalized spacial score (nSPS) is 10.5. The van der Waals surface area contributed by atoms with E-state index in [1.165, 1.54) is 13.3 Å². The standard InChI is InChI=1S/C27H27IN4O7/c1-4-38-22-8-6-5-7-21(22)31-26(34)27(35)32-29-15-17-13-20(28)25(23(14-17)37-3)39-16-24(33)30-18-9-11-19(36-2)12-10-18/h5-15H,4,16H2,1-3H3,(H,30,33)(H,31,34)(H,32,35)/b29-15-. The Morgan fingerprint density at radius 3 is 2.33 bits per heavy atom.